The Morgan fingerprint density at radius 1 is 1.07 bits per heavy atom. The van der Waals surface area contributed by atoms with Crippen molar-refractivity contribution >= 4 is 15.9 Å². The molecule has 0 heterocycles. The summed E-state index contributed by atoms with van der Waals surface area (Å²) in [5.41, 5.74) is 0.734. The molecule has 86 valence electrons. The third kappa shape index (κ3) is 1.79. The Balaban J connectivity index is 1.69. The summed E-state index contributed by atoms with van der Waals surface area (Å²) in [6.45, 7) is 0. The third-order valence-corrected chi connectivity index (χ3v) is 6.66. The molecule has 0 radical (unpaired) electrons. The van der Waals surface area contributed by atoms with Crippen LogP contribution in [-0.4, -0.2) is 5.33 Å². The summed E-state index contributed by atoms with van der Waals surface area (Å²) in [4.78, 5) is 0. The fourth-order valence-electron chi connectivity index (χ4n) is 4.82. The molecule has 0 aromatic heterocycles. The number of alkyl halides is 1. The summed E-state index contributed by atoms with van der Waals surface area (Å²) < 4.78 is 0. The molecule has 3 unspecified atom stereocenters. The largest absolute Gasteiger partial charge is 0.0922 e. The highest BCUT2D eigenvalue weighted by molar-refractivity contribution is 9.09. The molecule has 0 aromatic carbocycles. The second kappa shape index (κ2) is 4.05. The van der Waals surface area contributed by atoms with E-state index in [9.17, 15) is 0 Å². The first kappa shape index (κ1) is 10.6. The lowest BCUT2D eigenvalue weighted by molar-refractivity contribution is 0.150. The molecular formula is C14H23Br. The van der Waals surface area contributed by atoms with Crippen molar-refractivity contribution < 1.29 is 0 Å². The van der Waals surface area contributed by atoms with Crippen molar-refractivity contribution in [3.05, 3.63) is 0 Å². The molecule has 0 amide bonds. The summed E-state index contributed by atoms with van der Waals surface area (Å²) in [7, 11) is 0. The molecule has 3 aliphatic carbocycles. The van der Waals surface area contributed by atoms with Gasteiger partial charge in [0, 0.05) is 5.33 Å². The molecule has 15 heavy (non-hydrogen) atoms. The minimum Gasteiger partial charge on any atom is -0.0922 e. The molecule has 0 N–H and O–H groups in total. The van der Waals surface area contributed by atoms with Crippen molar-refractivity contribution in [1.29, 1.82) is 0 Å². The van der Waals surface area contributed by atoms with Gasteiger partial charge in [-0.3, -0.25) is 0 Å². The van der Waals surface area contributed by atoms with E-state index in [1.165, 1.54) is 31.0 Å². The average Bonchev–Trinajstić information content (AvgIpc) is 2.93. The Labute approximate surface area is 102 Å². The summed E-state index contributed by atoms with van der Waals surface area (Å²) in [5, 5.41) is 1.29. The minimum atomic E-state index is 0.734. The van der Waals surface area contributed by atoms with Crippen LogP contribution in [0.5, 0.6) is 0 Å². The van der Waals surface area contributed by atoms with Crippen LogP contribution in [0.25, 0.3) is 0 Å². The van der Waals surface area contributed by atoms with Gasteiger partial charge in [-0.05, 0) is 48.9 Å². The van der Waals surface area contributed by atoms with Gasteiger partial charge in [-0.2, -0.15) is 0 Å². The van der Waals surface area contributed by atoms with Gasteiger partial charge in [0.2, 0.25) is 0 Å². The first-order chi connectivity index (χ1) is 7.32. The van der Waals surface area contributed by atoms with Gasteiger partial charge in [0.25, 0.3) is 0 Å². The van der Waals surface area contributed by atoms with Crippen molar-refractivity contribution in [3.63, 3.8) is 0 Å². The lowest BCUT2D eigenvalue weighted by atomic mass is 9.69. The fraction of sp³-hybridized carbons (Fsp3) is 1.00. The van der Waals surface area contributed by atoms with Gasteiger partial charge >= 0.3 is 0 Å². The zero-order chi connectivity index (χ0) is 10.3. The van der Waals surface area contributed by atoms with E-state index in [1.807, 2.05) is 0 Å². The van der Waals surface area contributed by atoms with Crippen LogP contribution in [-0.2, 0) is 0 Å². The predicted molar refractivity (Wildman–Crippen MR) is 68.3 cm³/mol. The smallest absolute Gasteiger partial charge is 0.00908 e. The highest BCUT2D eigenvalue weighted by atomic mass is 79.9. The second-order valence-corrected chi connectivity index (χ2v) is 6.99. The van der Waals surface area contributed by atoms with E-state index in [1.54, 1.807) is 32.1 Å². The molecule has 0 spiro atoms. The third-order valence-electron chi connectivity index (χ3n) is 5.54. The van der Waals surface area contributed by atoms with Crippen molar-refractivity contribution in [3.8, 4) is 0 Å². The van der Waals surface area contributed by atoms with Gasteiger partial charge in [-0.1, -0.05) is 48.0 Å². The topological polar surface area (TPSA) is 0 Å². The van der Waals surface area contributed by atoms with Crippen LogP contribution in [0.3, 0.4) is 0 Å². The second-order valence-electron chi connectivity index (χ2n) is 6.43. The summed E-state index contributed by atoms with van der Waals surface area (Å²) in [5.74, 6) is 3.28. The van der Waals surface area contributed by atoms with Crippen molar-refractivity contribution in [2.75, 3.05) is 5.33 Å². The number of hydrogen-bond donors (Lipinski definition) is 0. The number of rotatable bonds is 3. The van der Waals surface area contributed by atoms with Gasteiger partial charge in [-0.15, -0.1) is 0 Å². The maximum atomic E-state index is 3.84. The molecule has 0 saturated heterocycles. The Morgan fingerprint density at radius 2 is 1.87 bits per heavy atom. The average molecular weight is 271 g/mol. The standard InChI is InChI=1S/C14H23Br/c15-10-14(8-11-3-1-2-4-11)9-12-5-6-13(14)7-12/h11-13H,1-10H2. The molecule has 3 atom stereocenters. The molecule has 0 aliphatic heterocycles. The van der Waals surface area contributed by atoms with Gasteiger partial charge in [-0.25, -0.2) is 0 Å². The molecule has 3 aliphatic rings. The molecule has 3 rings (SSSR count). The minimum absolute atomic E-state index is 0.734. The Hall–Kier alpha value is 0.480. The van der Waals surface area contributed by atoms with Crippen molar-refractivity contribution in [1.82, 2.24) is 0 Å². The highest BCUT2D eigenvalue weighted by Crippen LogP contribution is 2.60. The number of fused-ring (bicyclic) bond motifs is 2. The number of halogens is 1. The van der Waals surface area contributed by atoms with Crippen LogP contribution in [0.1, 0.15) is 57.8 Å². The van der Waals surface area contributed by atoms with E-state index in [0.29, 0.717) is 0 Å². The lowest BCUT2D eigenvalue weighted by Crippen LogP contribution is -2.31. The first-order valence-electron chi connectivity index (χ1n) is 6.88. The van der Waals surface area contributed by atoms with Crippen LogP contribution in [0.4, 0.5) is 0 Å². The van der Waals surface area contributed by atoms with Crippen LogP contribution in [0.15, 0.2) is 0 Å². The quantitative estimate of drug-likeness (QED) is 0.649. The van der Waals surface area contributed by atoms with Gasteiger partial charge in [0.1, 0.15) is 0 Å². The molecule has 2 bridgehead atoms. The SMILES string of the molecule is BrCC1(CC2CCCC2)CC2CCC1C2. The Kier molecular flexibility index (Phi) is 2.87. The Bertz CT molecular complexity index is 231. The maximum Gasteiger partial charge on any atom is 0.00908 e. The molecule has 3 fully saturated rings. The molecule has 0 nitrogen and oxygen atoms in total. The van der Waals surface area contributed by atoms with E-state index in [4.69, 9.17) is 0 Å². The van der Waals surface area contributed by atoms with Crippen LogP contribution < -0.4 is 0 Å². The maximum absolute atomic E-state index is 3.84. The molecule has 0 aromatic rings. The molecular weight excluding hydrogens is 248 g/mol. The normalized spacial score (nSPS) is 45.4. The predicted octanol–water partition coefficient (Wildman–Crippen LogP) is 4.77. The van der Waals surface area contributed by atoms with Crippen molar-refractivity contribution in [2.24, 2.45) is 23.2 Å². The zero-order valence-corrected chi connectivity index (χ0v) is 11.3. The lowest BCUT2D eigenvalue weighted by Gasteiger charge is -2.38. The van der Waals surface area contributed by atoms with Crippen LogP contribution in [0, 0.1) is 23.2 Å². The monoisotopic (exact) mass is 270 g/mol. The summed E-state index contributed by atoms with van der Waals surface area (Å²) in [6, 6.07) is 0. The Morgan fingerprint density at radius 3 is 2.40 bits per heavy atom. The van der Waals surface area contributed by atoms with E-state index in [0.717, 1.165) is 23.2 Å². The molecule has 1 heteroatoms. The van der Waals surface area contributed by atoms with Gasteiger partial charge in [0.05, 0.1) is 0 Å². The van der Waals surface area contributed by atoms with Crippen LogP contribution >= 0.6 is 15.9 Å². The van der Waals surface area contributed by atoms with E-state index in [2.05, 4.69) is 15.9 Å². The van der Waals surface area contributed by atoms with E-state index >= 15 is 0 Å². The number of hydrogen-bond acceptors (Lipinski definition) is 0. The summed E-state index contributed by atoms with van der Waals surface area (Å²) in [6.07, 6.45) is 13.9. The van der Waals surface area contributed by atoms with Gasteiger partial charge < -0.3 is 0 Å². The van der Waals surface area contributed by atoms with E-state index < -0.39 is 0 Å². The van der Waals surface area contributed by atoms with Crippen LogP contribution in [0.2, 0.25) is 0 Å². The van der Waals surface area contributed by atoms with Gasteiger partial charge in [0.15, 0.2) is 0 Å². The highest BCUT2D eigenvalue weighted by Gasteiger charge is 2.50. The van der Waals surface area contributed by atoms with E-state index in [-0.39, 0.29) is 0 Å². The zero-order valence-electron chi connectivity index (χ0n) is 9.68. The summed E-state index contributed by atoms with van der Waals surface area (Å²) >= 11 is 3.84. The molecule has 3 saturated carbocycles. The first-order valence-corrected chi connectivity index (χ1v) is 8.00. The fourth-order valence-corrected chi connectivity index (χ4v) is 5.73. The van der Waals surface area contributed by atoms with Crippen molar-refractivity contribution in [2.45, 2.75) is 57.8 Å².